The number of nitrogens with one attached hydrogen (secondary N) is 2. The van der Waals surface area contributed by atoms with E-state index in [1.807, 2.05) is 13.8 Å². The van der Waals surface area contributed by atoms with Gasteiger partial charge in [-0.15, -0.1) is 0 Å². The zero-order chi connectivity index (χ0) is 21.8. The first-order chi connectivity index (χ1) is 13.4. The van der Waals surface area contributed by atoms with Gasteiger partial charge in [0.05, 0.1) is 13.2 Å². The minimum atomic E-state index is -3.88. The lowest BCUT2D eigenvalue weighted by Gasteiger charge is -2.21. The minimum absolute atomic E-state index is 0.0526. The molecule has 0 aliphatic heterocycles. The third-order valence-corrected chi connectivity index (χ3v) is 5.42. The van der Waals surface area contributed by atoms with Crippen molar-refractivity contribution in [3.63, 3.8) is 0 Å². The van der Waals surface area contributed by atoms with Gasteiger partial charge in [0.25, 0.3) is 5.91 Å². The molecule has 0 saturated carbocycles. The first-order valence-corrected chi connectivity index (χ1v) is 10.7. The van der Waals surface area contributed by atoms with E-state index < -0.39 is 21.5 Å². The van der Waals surface area contributed by atoms with E-state index in [0.29, 0.717) is 11.4 Å². The molecule has 8 heteroatoms. The van der Waals surface area contributed by atoms with E-state index in [1.54, 1.807) is 45.0 Å². The molecule has 0 bridgehead atoms. The molecular formula is C21H28N2O5S. The van der Waals surface area contributed by atoms with Crippen molar-refractivity contribution in [2.75, 3.05) is 12.4 Å². The maximum absolute atomic E-state index is 12.7. The van der Waals surface area contributed by atoms with Crippen molar-refractivity contribution < 1.29 is 22.7 Å². The Morgan fingerprint density at radius 2 is 1.66 bits per heavy atom. The molecule has 2 aromatic carbocycles. The Morgan fingerprint density at radius 1 is 1.03 bits per heavy atom. The summed E-state index contributed by atoms with van der Waals surface area (Å²) in [6, 6.07) is 11.2. The molecule has 0 aromatic heterocycles. The van der Waals surface area contributed by atoms with Crippen LogP contribution in [0.5, 0.6) is 11.5 Å². The molecule has 0 unspecified atom stereocenters. The van der Waals surface area contributed by atoms with Gasteiger partial charge >= 0.3 is 0 Å². The average Bonchev–Trinajstić information content (AvgIpc) is 2.60. The lowest BCUT2D eigenvalue weighted by atomic mass is 10.1. The molecule has 2 rings (SSSR count). The predicted molar refractivity (Wildman–Crippen MR) is 113 cm³/mol. The topological polar surface area (TPSA) is 93.7 Å². The SMILES string of the molecule is COc1ccc(C(=O)Nc2ccc(OC(C)C)cc2)cc1S(=O)(=O)NC(C)(C)C. The number of methoxy groups -OCH3 is 1. The summed E-state index contributed by atoms with van der Waals surface area (Å²) in [5, 5.41) is 2.75. The molecule has 0 aliphatic rings. The first-order valence-electron chi connectivity index (χ1n) is 9.21. The molecular weight excluding hydrogens is 392 g/mol. The van der Waals surface area contributed by atoms with Crippen LogP contribution in [-0.4, -0.2) is 33.1 Å². The standard InChI is InChI=1S/C21H28N2O5S/c1-14(2)28-17-10-8-16(9-11-17)22-20(24)15-7-12-18(27-6)19(13-15)29(25,26)23-21(3,4)5/h7-14,23H,1-6H3,(H,22,24). The molecule has 0 fully saturated rings. The molecule has 0 saturated heterocycles. The van der Waals surface area contributed by atoms with Gasteiger partial charge in [-0.05, 0) is 77.1 Å². The number of hydrogen-bond donors (Lipinski definition) is 2. The fourth-order valence-electron chi connectivity index (χ4n) is 2.58. The van der Waals surface area contributed by atoms with Crippen LogP contribution in [0.2, 0.25) is 0 Å². The Labute approximate surface area is 172 Å². The second-order valence-corrected chi connectivity index (χ2v) is 9.52. The zero-order valence-corrected chi connectivity index (χ0v) is 18.4. The normalized spacial score (nSPS) is 12.0. The van der Waals surface area contributed by atoms with E-state index in [2.05, 4.69) is 10.0 Å². The zero-order valence-electron chi connectivity index (χ0n) is 17.6. The van der Waals surface area contributed by atoms with Crippen molar-refractivity contribution in [1.29, 1.82) is 0 Å². The summed E-state index contributed by atoms with van der Waals surface area (Å²) in [7, 11) is -2.50. The Hall–Kier alpha value is -2.58. The highest BCUT2D eigenvalue weighted by Gasteiger charge is 2.26. The predicted octanol–water partition coefficient (Wildman–Crippen LogP) is 3.81. The molecule has 7 nitrogen and oxygen atoms in total. The highest BCUT2D eigenvalue weighted by molar-refractivity contribution is 7.89. The van der Waals surface area contributed by atoms with Crippen molar-refractivity contribution >= 4 is 21.6 Å². The highest BCUT2D eigenvalue weighted by atomic mass is 32.2. The largest absolute Gasteiger partial charge is 0.495 e. The van der Waals surface area contributed by atoms with Gasteiger partial charge in [0.15, 0.2) is 0 Å². The number of amides is 1. The van der Waals surface area contributed by atoms with Crippen molar-refractivity contribution in [1.82, 2.24) is 4.72 Å². The molecule has 2 N–H and O–H groups in total. The van der Waals surface area contributed by atoms with Gasteiger partial charge in [0.1, 0.15) is 16.4 Å². The fourth-order valence-corrected chi connectivity index (χ4v) is 4.19. The monoisotopic (exact) mass is 420 g/mol. The number of hydrogen-bond acceptors (Lipinski definition) is 5. The third kappa shape index (κ3) is 6.47. The van der Waals surface area contributed by atoms with Crippen LogP contribution in [0.3, 0.4) is 0 Å². The molecule has 158 valence electrons. The number of rotatable bonds is 7. The quantitative estimate of drug-likeness (QED) is 0.710. The third-order valence-electron chi connectivity index (χ3n) is 3.64. The van der Waals surface area contributed by atoms with E-state index in [0.717, 1.165) is 0 Å². The van der Waals surface area contributed by atoms with Gasteiger partial charge in [0, 0.05) is 16.8 Å². The summed E-state index contributed by atoms with van der Waals surface area (Å²) in [5.74, 6) is 0.426. The minimum Gasteiger partial charge on any atom is -0.495 e. The van der Waals surface area contributed by atoms with E-state index in [1.165, 1.54) is 25.3 Å². The Bertz CT molecular complexity index is 962. The van der Waals surface area contributed by atoms with Gasteiger partial charge in [0.2, 0.25) is 10.0 Å². The number of anilines is 1. The van der Waals surface area contributed by atoms with Crippen molar-refractivity contribution in [3.8, 4) is 11.5 Å². The Morgan fingerprint density at radius 3 is 2.17 bits per heavy atom. The van der Waals surface area contributed by atoms with Crippen molar-refractivity contribution in [3.05, 3.63) is 48.0 Å². The fraction of sp³-hybridized carbons (Fsp3) is 0.381. The molecule has 0 aliphatic carbocycles. The summed E-state index contributed by atoms with van der Waals surface area (Å²) < 4.78 is 38.8. The molecule has 0 radical (unpaired) electrons. The maximum Gasteiger partial charge on any atom is 0.255 e. The van der Waals surface area contributed by atoms with Gasteiger partial charge in [-0.25, -0.2) is 13.1 Å². The molecule has 0 spiro atoms. The molecule has 0 atom stereocenters. The summed E-state index contributed by atoms with van der Waals surface area (Å²) in [4.78, 5) is 12.5. The van der Waals surface area contributed by atoms with Crippen LogP contribution in [0.25, 0.3) is 0 Å². The van der Waals surface area contributed by atoms with E-state index in [-0.39, 0.29) is 22.3 Å². The van der Waals surface area contributed by atoms with E-state index in [9.17, 15) is 13.2 Å². The number of ether oxygens (including phenoxy) is 2. The highest BCUT2D eigenvalue weighted by Crippen LogP contribution is 2.26. The number of sulfonamides is 1. The first kappa shape index (κ1) is 22.7. The molecule has 1 amide bonds. The molecule has 0 heterocycles. The van der Waals surface area contributed by atoms with Crippen molar-refractivity contribution in [2.24, 2.45) is 0 Å². The molecule has 2 aromatic rings. The number of carbonyl (C=O) groups is 1. The van der Waals surface area contributed by atoms with Crippen LogP contribution in [0.15, 0.2) is 47.4 Å². The molecule has 29 heavy (non-hydrogen) atoms. The van der Waals surface area contributed by atoms with E-state index in [4.69, 9.17) is 9.47 Å². The summed E-state index contributed by atoms with van der Waals surface area (Å²) in [5.41, 5.74) is 0.0868. The Kier molecular flexibility index (Phi) is 6.92. The van der Waals surface area contributed by atoms with Crippen LogP contribution in [0, 0.1) is 0 Å². The van der Waals surface area contributed by atoms with Crippen LogP contribution in [-0.2, 0) is 10.0 Å². The van der Waals surface area contributed by atoms with Gasteiger partial charge in [-0.1, -0.05) is 0 Å². The van der Waals surface area contributed by atoms with Crippen LogP contribution >= 0.6 is 0 Å². The number of carbonyl (C=O) groups excluding carboxylic acids is 1. The Balaban J connectivity index is 2.27. The maximum atomic E-state index is 12.7. The van der Waals surface area contributed by atoms with E-state index >= 15 is 0 Å². The van der Waals surface area contributed by atoms with Crippen molar-refractivity contribution in [2.45, 2.75) is 51.2 Å². The van der Waals surface area contributed by atoms with Crippen LogP contribution < -0.4 is 19.5 Å². The summed E-state index contributed by atoms with van der Waals surface area (Å²) in [6.07, 6.45) is 0.0526. The second kappa shape index (κ2) is 8.84. The van der Waals surface area contributed by atoms with Crippen LogP contribution in [0.4, 0.5) is 5.69 Å². The van der Waals surface area contributed by atoms with Gasteiger partial charge in [-0.2, -0.15) is 0 Å². The second-order valence-electron chi connectivity index (χ2n) is 7.87. The smallest absolute Gasteiger partial charge is 0.255 e. The van der Waals surface area contributed by atoms with Gasteiger partial charge < -0.3 is 14.8 Å². The lowest BCUT2D eigenvalue weighted by Crippen LogP contribution is -2.40. The average molecular weight is 421 g/mol. The van der Waals surface area contributed by atoms with Gasteiger partial charge in [-0.3, -0.25) is 4.79 Å². The summed E-state index contributed by atoms with van der Waals surface area (Å²) >= 11 is 0. The number of benzene rings is 2. The lowest BCUT2D eigenvalue weighted by molar-refractivity contribution is 0.102. The van der Waals surface area contributed by atoms with Crippen LogP contribution in [0.1, 0.15) is 45.0 Å². The summed E-state index contributed by atoms with van der Waals surface area (Å²) in [6.45, 7) is 9.07.